The van der Waals surface area contributed by atoms with Gasteiger partial charge in [-0.2, -0.15) is 0 Å². The van der Waals surface area contributed by atoms with Crippen LogP contribution in [0.1, 0.15) is 57.5 Å². The molecule has 0 fully saturated rings. The van der Waals surface area contributed by atoms with Crippen LogP contribution in [0.2, 0.25) is 0 Å². The quantitative estimate of drug-likeness (QED) is 0.449. The molecule has 0 saturated heterocycles. The summed E-state index contributed by atoms with van der Waals surface area (Å²) in [5.41, 5.74) is 8.07. The summed E-state index contributed by atoms with van der Waals surface area (Å²) in [6, 6.07) is 6.04. The number of nitrogens with two attached hydrogens (primary N) is 1. The zero-order chi connectivity index (χ0) is 23.1. The van der Waals surface area contributed by atoms with Crippen LogP contribution in [-0.4, -0.2) is 40.3 Å². The molecule has 170 valence electrons. The standard InChI is InChI=1S/C22H33N5O3S/c1-13(2)11-27(12-14(3)4)18-7-6-16(15(5)8-21(29)30)9-17(18)24-22-26-25-20(31-22)10-19(23)28/h6-7,9,13-15H,8,10-12H2,1-5H3,(H2,23,28)(H,24,26)(H,29,30). The fourth-order valence-corrected chi connectivity index (χ4v) is 4.17. The molecule has 1 aromatic heterocycles. The van der Waals surface area contributed by atoms with Crippen molar-refractivity contribution < 1.29 is 14.7 Å². The highest BCUT2D eigenvalue weighted by molar-refractivity contribution is 7.15. The number of rotatable bonds is 12. The molecule has 31 heavy (non-hydrogen) atoms. The van der Waals surface area contributed by atoms with Gasteiger partial charge >= 0.3 is 5.97 Å². The average Bonchev–Trinajstić information content (AvgIpc) is 3.05. The summed E-state index contributed by atoms with van der Waals surface area (Å²) < 4.78 is 0. The SMILES string of the molecule is CC(C)CN(CC(C)C)c1ccc(C(C)CC(=O)O)cc1Nc1nnc(CC(N)=O)s1. The molecule has 2 aromatic rings. The fourth-order valence-electron chi connectivity index (χ4n) is 3.41. The summed E-state index contributed by atoms with van der Waals surface area (Å²) in [6.45, 7) is 12.4. The summed E-state index contributed by atoms with van der Waals surface area (Å²) in [7, 11) is 0. The van der Waals surface area contributed by atoms with E-state index in [1.165, 1.54) is 11.3 Å². The molecule has 4 N–H and O–H groups in total. The van der Waals surface area contributed by atoms with Crippen molar-refractivity contribution in [1.82, 2.24) is 10.2 Å². The number of amides is 1. The second-order valence-corrected chi connectivity index (χ2v) is 9.80. The number of benzene rings is 1. The second kappa shape index (κ2) is 11.1. The molecule has 0 aliphatic heterocycles. The summed E-state index contributed by atoms with van der Waals surface area (Å²) >= 11 is 1.28. The van der Waals surface area contributed by atoms with Crippen LogP contribution in [0.3, 0.4) is 0 Å². The summed E-state index contributed by atoms with van der Waals surface area (Å²) in [6.07, 6.45) is 0.108. The van der Waals surface area contributed by atoms with E-state index in [0.717, 1.165) is 30.0 Å². The lowest BCUT2D eigenvalue weighted by atomic mass is 9.96. The fraction of sp³-hybridized carbons (Fsp3) is 0.545. The van der Waals surface area contributed by atoms with Gasteiger partial charge in [0.15, 0.2) is 0 Å². The molecule has 8 nitrogen and oxygen atoms in total. The van der Waals surface area contributed by atoms with Gasteiger partial charge in [-0.05, 0) is 35.4 Å². The Labute approximate surface area is 187 Å². The summed E-state index contributed by atoms with van der Waals surface area (Å²) in [5, 5.41) is 21.8. The van der Waals surface area contributed by atoms with Crippen LogP contribution in [0.25, 0.3) is 0 Å². The van der Waals surface area contributed by atoms with Crippen molar-refractivity contribution in [3.05, 3.63) is 28.8 Å². The molecule has 2 rings (SSSR count). The molecule has 1 amide bonds. The Hall–Kier alpha value is -2.68. The number of carbonyl (C=O) groups is 2. The molecule has 0 radical (unpaired) electrons. The Balaban J connectivity index is 2.43. The smallest absolute Gasteiger partial charge is 0.303 e. The minimum absolute atomic E-state index is 0.0503. The number of hydrogen-bond donors (Lipinski definition) is 3. The molecule has 0 saturated carbocycles. The number of nitrogens with one attached hydrogen (secondary N) is 1. The molecule has 1 heterocycles. The third kappa shape index (κ3) is 7.82. The van der Waals surface area contributed by atoms with E-state index in [9.17, 15) is 14.7 Å². The van der Waals surface area contributed by atoms with Gasteiger partial charge in [0.1, 0.15) is 5.01 Å². The van der Waals surface area contributed by atoms with Gasteiger partial charge in [0, 0.05) is 13.1 Å². The average molecular weight is 448 g/mol. The first-order chi connectivity index (χ1) is 14.5. The summed E-state index contributed by atoms with van der Waals surface area (Å²) in [4.78, 5) is 24.7. The lowest BCUT2D eigenvalue weighted by molar-refractivity contribution is -0.137. The van der Waals surface area contributed by atoms with Gasteiger partial charge in [0.25, 0.3) is 0 Å². The molecule has 9 heteroatoms. The minimum atomic E-state index is -0.826. The van der Waals surface area contributed by atoms with Gasteiger partial charge in [0.2, 0.25) is 11.0 Å². The maximum Gasteiger partial charge on any atom is 0.303 e. The lowest BCUT2D eigenvalue weighted by Gasteiger charge is -2.31. The van der Waals surface area contributed by atoms with Crippen LogP contribution in [0, 0.1) is 11.8 Å². The van der Waals surface area contributed by atoms with Crippen LogP contribution in [0.4, 0.5) is 16.5 Å². The molecule has 0 aliphatic rings. The first kappa shape index (κ1) is 24.6. The predicted molar refractivity (Wildman–Crippen MR) is 125 cm³/mol. The van der Waals surface area contributed by atoms with Crippen LogP contribution < -0.4 is 16.0 Å². The molecule has 0 aliphatic carbocycles. The maximum atomic E-state index is 11.2. The van der Waals surface area contributed by atoms with Gasteiger partial charge in [-0.25, -0.2) is 0 Å². The van der Waals surface area contributed by atoms with Crippen molar-refractivity contribution in [3.63, 3.8) is 0 Å². The van der Waals surface area contributed by atoms with E-state index in [-0.39, 0.29) is 18.8 Å². The number of nitrogens with zero attached hydrogens (tertiary/aromatic N) is 3. The van der Waals surface area contributed by atoms with E-state index < -0.39 is 11.9 Å². The Bertz CT molecular complexity index is 887. The van der Waals surface area contributed by atoms with Gasteiger partial charge < -0.3 is 21.1 Å². The molecule has 1 atom stereocenters. The molecule has 1 unspecified atom stereocenters. The molecule has 0 spiro atoms. The Morgan fingerprint density at radius 2 is 1.77 bits per heavy atom. The van der Waals surface area contributed by atoms with Crippen molar-refractivity contribution >= 4 is 39.7 Å². The van der Waals surface area contributed by atoms with E-state index in [2.05, 4.69) is 48.1 Å². The zero-order valence-corrected chi connectivity index (χ0v) is 19.7. The van der Waals surface area contributed by atoms with Crippen LogP contribution in [0.5, 0.6) is 0 Å². The van der Waals surface area contributed by atoms with Crippen molar-refractivity contribution in [2.75, 3.05) is 23.3 Å². The number of aromatic nitrogens is 2. The maximum absolute atomic E-state index is 11.2. The Morgan fingerprint density at radius 3 is 2.32 bits per heavy atom. The first-order valence-electron chi connectivity index (χ1n) is 10.5. The van der Waals surface area contributed by atoms with Crippen molar-refractivity contribution in [1.29, 1.82) is 0 Å². The zero-order valence-electron chi connectivity index (χ0n) is 18.9. The highest BCUT2D eigenvalue weighted by atomic mass is 32.1. The molecule has 1 aromatic carbocycles. The van der Waals surface area contributed by atoms with Gasteiger partial charge in [-0.3, -0.25) is 9.59 Å². The van der Waals surface area contributed by atoms with Crippen LogP contribution in [0.15, 0.2) is 18.2 Å². The van der Waals surface area contributed by atoms with Crippen molar-refractivity contribution in [2.24, 2.45) is 17.6 Å². The number of anilines is 3. The lowest BCUT2D eigenvalue weighted by Crippen LogP contribution is -2.31. The van der Waals surface area contributed by atoms with Crippen LogP contribution in [-0.2, 0) is 16.0 Å². The second-order valence-electron chi connectivity index (χ2n) is 8.74. The van der Waals surface area contributed by atoms with Gasteiger partial charge in [-0.1, -0.05) is 52.0 Å². The third-order valence-corrected chi connectivity index (χ3v) is 5.45. The normalized spacial score (nSPS) is 12.2. The Morgan fingerprint density at radius 1 is 1.13 bits per heavy atom. The van der Waals surface area contributed by atoms with Gasteiger partial charge in [-0.15, -0.1) is 10.2 Å². The number of carboxylic acids is 1. The highest BCUT2D eigenvalue weighted by Crippen LogP contribution is 2.35. The van der Waals surface area contributed by atoms with E-state index in [1.54, 1.807) is 0 Å². The third-order valence-electron chi connectivity index (χ3n) is 4.62. The predicted octanol–water partition coefficient (Wildman–Crippen LogP) is 4.01. The first-order valence-corrected chi connectivity index (χ1v) is 11.3. The number of carboxylic acid groups (broad SMARTS) is 1. The van der Waals surface area contributed by atoms with E-state index in [0.29, 0.717) is 22.0 Å². The molecule has 0 bridgehead atoms. The number of primary amides is 1. The van der Waals surface area contributed by atoms with Crippen molar-refractivity contribution in [2.45, 2.75) is 53.4 Å². The van der Waals surface area contributed by atoms with E-state index in [1.807, 2.05) is 25.1 Å². The van der Waals surface area contributed by atoms with E-state index >= 15 is 0 Å². The molecular weight excluding hydrogens is 414 g/mol. The number of hydrogen-bond acceptors (Lipinski definition) is 7. The Kier molecular flexibility index (Phi) is 8.79. The monoisotopic (exact) mass is 447 g/mol. The van der Waals surface area contributed by atoms with Crippen LogP contribution >= 0.6 is 11.3 Å². The largest absolute Gasteiger partial charge is 0.481 e. The number of aliphatic carboxylic acids is 1. The highest BCUT2D eigenvalue weighted by Gasteiger charge is 2.19. The van der Waals surface area contributed by atoms with Crippen molar-refractivity contribution in [3.8, 4) is 0 Å². The topological polar surface area (TPSA) is 121 Å². The van der Waals surface area contributed by atoms with E-state index in [4.69, 9.17) is 5.73 Å². The molecular formula is C22H33N5O3S. The number of carbonyl (C=O) groups excluding carboxylic acids is 1. The van der Waals surface area contributed by atoms with Gasteiger partial charge in [0.05, 0.1) is 24.2 Å². The minimum Gasteiger partial charge on any atom is -0.481 e. The summed E-state index contributed by atoms with van der Waals surface area (Å²) in [5.74, 6) is -0.460.